The number of pyridine rings is 1. The SMILES string of the molecule is O=C(O)/C=C/C(=O)OC1(c2ccc(Cl)cn2)CCC1. The van der Waals surface area contributed by atoms with Crippen LogP contribution in [0.3, 0.4) is 0 Å². The van der Waals surface area contributed by atoms with Gasteiger partial charge in [-0.2, -0.15) is 0 Å². The second-order valence-corrected chi connectivity index (χ2v) is 4.74. The molecule has 5 nitrogen and oxygen atoms in total. The molecule has 0 atom stereocenters. The fourth-order valence-electron chi connectivity index (χ4n) is 1.92. The van der Waals surface area contributed by atoms with Gasteiger partial charge in [-0.3, -0.25) is 4.98 Å². The van der Waals surface area contributed by atoms with Gasteiger partial charge in [-0.05, 0) is 31.4 Å². The summed E-state index contributed by atoms with van der Waals surface area (Å²) in [6.45, 7) is 0. The molecule has 1 aliphatic carbocycles. The Kier molecular flexibility index (Phi) is 3.85. The molecule has 1 aromatic heterocycles. The molecule has 100 valence electrons. The molecule has 0 bridgehead atoms. The Morgan fingerprint density at radius 1 is 1.37 bits per heavy atom. The Hall–Kier alpha value is -1.88. The monoisotopic (exact) mass is 281 g/mol. The van der Waals surface area contributed by atoms with Crippen LogP contribution >= 0.6 is 11.6 Å². The number of halogens is 1. The van der Waals surface area contributed by atoms with E-state index in [9.17, 15) is 9.59 Å². The van der Waals surface area contributed by atoms with Crippen molar-refractivity contribution in [2.45, 2.75) is 24.9 Å². The van der Waals surface area contributed by atoms with Crippen molar-refractivity contribution in [1.82, 2.24) is 4.98 Å². The maximum Gasteiger partial charge on any atom is 0.331 e. The van der Waals surface area contributed by atoms with E-state index in [0.717, 1.165) is 18.6 Å². The number of carboxylic acid groups (broad SMARTS) is 1. The van der Waals surface area contributed by atoms with Crippen molar-refractivity contribution < 1.29 is 19.4 Å². The summed E-state index contributed by atoms with van der Waals surface area (Å²) in [5.74, 6) is -1.87. The van der Waals surface area contributed by atoms with Crippen LogP contribution in [0.15, 0.2) is 30.5 Å². The number of carbonyl (C=O) groups excluding carboxylic acids is 1. The number of ether oxygens (including phenoxy) is 1. The zero-order valence-corrected chi connectivity index (χ0v) is 10.8. The normalized spacial score (nSPS) is 16.9. The molecule has 1 aliphatic rings. The van der Waals surface area contributed by atoms with E-state index in [1.54, 1.807) is 12.1 Å². The third-order valence-electron chi connectivity index (χ3n) is 3.01. The molecule has 0 radical (unpaired) electrons. The van der Waals surface area contributed by atoms with Gasteiger partial charge in [-0.25, -0.2) is 9.59 Å². The lowest BCUT2D eigenvalue weighted by Gasteiger charge is -2.40. The molecule has 1 aromatic rings. The number of esters is 1. The van der Waals surface area contributed by atoms with Crippen LogP contribution in [0.5, 0.6) is 0 Å². The third-order valence-corrected chi connectivity index (χ3v) is 3.24. The summed E-state index contributed by atoms with van der Waals surface area (Å²) in [5.41, 5.74) is -0.106. The van der Waals surface area contributed by atoms with Crippen molar-refractivity contribution in [2.75, 3.05) is 0 Å². The van der Waals surface area contributed by atoms with Crippen molar-refractivity contribution >= 4 is 23.5 Å². The molecule has 6 heteroatoms. The van der Waals surface area contributed by atoms with Gasteiger partial charge in [0.2, 0.25) is 0 Å². The molecule has 1 saturated carbocycles. The van der Waals surface area contributed by atoms with E-state index < -0.39 is 17.5 Å². The lowest BCUT2D eigenvalue weighted by atomic mass is 9.77. The molecule has 0 unspecified atom stereocenters. The fourth-order valence-corrected chi connectivity index (χ4v) is 2.03. The third kappa shape index (κ3) is 3.12. The Labute approximate surface area is 114 Å². The van der Waals surface area contributed by atoms with Crippen LogP contribution in [0.25, 0.3) is 0 Å². The summed E-state index contributed by atoms with van der Waals surface area (Å²) < 4.78 is 5.36. The first kappa shape index (κ1) is 13.5. The Balaban J connectivity index is 2.13. The van der Waals surface area contributed by atoms with E-state index in [-0.39, 0.29) is 0 Å². The lowest BCUT2D eigenvalue weighted by molar-refractivity contribution is -0.166. The second-order valence-electron chi connectivity index (χ2n) is 4.30. The van der Waals surface area contributed by atoms with E-state index in [0.29, 0.717) is 23.6 Å². The molecule has 2 rings (SSSR count). The van der Waals surface area contributed by atoms with Gasteiger partial charge in [-0.1, -0.05) is 11.6 Å². The Bertz CT molecular complexity index is 520. The minimum Gasteiger partial charge on any atom is -0.478 e. The molecule has 1 fully saturated rings. The fraction of sp³-hybridized carbons (Fsp3) is 0.308. The predicted molar refractivity (Wildman–Crippen MR) is 67.6 cm³/mol. The van der Waals surface area contributed by atoms with E-state index in [2.05, 4.69) is 4.98 Å². The summed E-state index contributed by atoms with van der Waals surface area (Å²) >= 11 is 5.77. The molecule has 19 heavy (non-hydrogen) atoms. The molecule has 0 spiro atoms. The van der Waals surface area contributed by atoms with Gasteiger partial charge in [0, 0.05) is 18.3 Å². The summed E-state index contributed by atoms with van der Waals surface area (Å²) in [6.07, 6.45) is 5.43. The number of carboxylic acids is 1. The first-order chi connectivity index (χ1) is 9.02. The topological polar surface area (TPSA) is 76.5 Å². The van der Waals surface area contributed by atoms with Crippen LogP contribution in [0.2, 0.25) is 5.02 Å². The minimum absolute atomic E-state index is 0.510. The highest BCUT2D eigenvalue weighted by atomic mass is 35.5. The quantitative estimate of drug-likeness (QED) is 0.677. The van der Waals surface area contributed by atoms with Gasteiger partial charge in [0.05, 0.1) is 10.7 Å². The summed E-state index contributed by atoms with van der Waals surface area (Å²) in [5, 5.41) is 8.97. The molecular formula is C13H12ClNO4. The van der Waals surface area contributed by atoms with Gasteiger partial charge in [0.25, 0.3) is 0 Å². The number of hydrogen-bond donors (Lipinski definition) is 1. The molecule has 0 aliphatic heterocycles. The summed E-state index contributed by atoms with van der Waals surface area (Å²) in [4.78, 5) is 26.1. The molecule has 0 saturated heterocycles. The molecule has 0 amide bonds. The summed E-state index contributed by atoms with van der Waals surface area (Å²) in [6, 6.07) is 3.40. The standard InChI is InChI=1S/C13H12ClNO4/c14-9-2-3-10(15-8-9)13(6-1-7-13)19-12(18)5-4-11(16)17/h2-5,8H,1,6-7H2,(H,16,17)/b5-4+. The Morgan fingerprint density at radius 2 is 2.11 bits per heavy atom. The molecule has 1 heterocycles. The highest BCUT2D eigenvalue weighted by molar-refractivity contribution is 6.30. The number of nitrogens with zero attached hydrogens (tertiary/aromatic N) is 1. The number of rotatable bonds is 4. The van der Waals surface area contributed by atoms with Crippen LogP contribution in [-0.4, -0.2) is 22.0 Å². The van der Waals surface area contributed by atoms with Crippen molar-refractivity contribution in [3.05, 3.63) is 41.2 Å². The van der Waals surface area contributed by atoms with Crippen LogP contribution in [0.1, 0.15) is 25.0 Å². The van der Waals surface area contributed by atoms with Gasteiger partial charge < -0.3 is 9.84 Å². The molecule has 0 aromatic carbocycles. The maximum atomic E-state index is 11.6. The molecule has 1 N–H and O–H groups in total. The highest BCUT2D eigenvalue weighted by Gasteiger charge is 2.43. The number of hydrogen-bond acceptors (Lipinski definition) is 4. The average Bonchev–Trinajstić information content (AvgIpc) is 2.32. The van der Waals surface area contributed by atoms with Gasteiger partial charge in [0.15, 0.2) is 5.60 Å². The first-order valence-corrected chi connectivity index (χ1v) is 6.16. The summed E-state index contributed by atoms with van der Waals surface area (Å²) in [7, 11) is 0. The maximum absolute atomic E-state index is 11.6. The zero-order valence-electron chi connectivity index (χ0n) is 10.0. The lowest BCUT2D eigenvalue weighted by Crippen LogP contribution is -2.39. The second kappa shape index (κ2) is 5.40. The van der Waals surface area contributed by atoms with Crippen LogP contribution in [0, 0.1) is 0 Å². The van der Waals surface area contributed by atoms with Crippen molar-refractivity contribution in [3.8, 4) is 0 Å². The first-order valence-electron chi connectivity index (χ1n) is 5.78. The van der Waals surface area contributed by atoms with Gasteiger partial charge in [0.1, 0.15) is 0 Å². The van der Waals surface area contributed by atoms with Crippen LogP contribution < -0.4 is 0 Å². The molecular weight excluding hydrogens is 270 g/mol. The van der Waals surface area contributed by atoms with E-state index >= 15 is 0 Å². The predicted octanol–water partition coefficient (Wildman–Crippen LogP) is 2.30. The van der Waals surface area contributed by atoms with Gasteiger partial charge >= 0.3 is 11.9 Å². The van der Waals surface area contributed by atoms with Gasteiger partial charge in [-0.15, -0.1) is 0 Å². The number of aliphatic carboxylic acids is 1. The average molecular weight is 282 g/mol. The van der Waals surface area contributed by atoms with Crippen LogP contribution in [-0.2, 0) is 19.9 Å². The van der Waals surface area contributed by atoms with Crippen molar-refractivity contribution in [1.29, 1.82) is 0 Å². The van der Waals surface area contributed by atoms with E-state index in [1.807, 2.05) is 0 Å². The smallest absolute Gasteiger partial charge is 0.331 e. The van der Waals surface area contributed by atoms with E-state index in [4.69, 9.17) is 21.4 Å². The van der Waals surface area contributed by atoms with Crippen molar-refractivity contribution in [3.63, 3.8) is 0 Å². The number of aromatic nitrogens is 1. The van der Waals surface area contributed by atoms with E-state index in [1.165, 1.54) is 6.20 Å². The number of carbonyl (C=O) groups is 2. The zero-order chi connectivity index (χ0) is 13.9. The highest BCUT2D eigenvalue weighted by Crippen LogP contribution is 2.44. The largest absolute Gasteiger partial charge is 0.478 e. The minimum atomic E-state index is -1.19. The van der Waals surface area contributed by atoms with Crippen LogP contribution in [0.4, 0.5) is 0 Å². The Morgan fingerprint density at radius 3 is 2.58 bits per heavy atom. The van der Waals surface area contributed by atoms with Crippen molar-refractivity contribution in [2.24, 2.45) is 0 Å².